The van der Waals surface area contributed by atoms with Gasteiger partial charge in [0.15, 0.2) is 5.78 Å². The summed E-state index contributed by atoms with van der Waals surface area (Å²) in [6, 6.07) is 5.75. The lowest BCUT2D eigenvalue weighted by molar-refractivity contribution is 0.0923. The largest absolute Gasteiger partial charge is 0.497 e. The zero-order valence-electron chi connectivity index (χ0n) is 11.6. The molecule has 1 aliphatic heterocycles. The van der Waals surface area contributed by atoms with Gasteiger partial charge in [-0.1, -0.05) is 0 Å². The molecule has 0 atom stereocenters. The van der Waals surface area contributed by atoms with Crippen molar-refractivity contribution in [1.29, 1.82) is 0 Å². The van der Waals surface area contributed by atoms with Crippen molar-refractivity contribution in [2.75, 3.05) is 39.8 Å². The minimum Gasteiger partial charge on any atom is -0.497 e. The Morgan fingerprint density at radius 3 is 2.90 bits per heavy atom. The zero-order chi connectivity index (χ0) is 13.9. The molecule has 0 amide bonds. The number of hydrogen-bond donors (Lipinski definition) is 2. The Balaban J connectivity index is 1.83. The van der Waals surface area contributed by atoms with E-state index in [4.69, 9.17) is 4.74 Å². The van der Waals surface area contributed by atoms with Gasteiger partial charge in [-0.05, 0) is 18.2 Å². The number of benzene rings is 1. The highest BCUT2D eigenvalue weighted by Crippen LogP contribution is 2.24. The highest BCUT2D eigenvalue weighted by Gasteiger charge is 2.17. The lowest BCUT2D eigenvalue weighted by Gasteiger charge is -2.26. The Kier molecular flexibility index (Phi) is 3.71. The van der Waals surface area contributed by atoms with Crippen molar-refractivity contribution in [3.05, 3.63) is 30.0 Å². The summed E-state index contributed by atoms with van der Waals surface area (Å²) < 4.78 is 5.23. The van der Waals surface area contributed by atoms with Gasteiger partial charge < -0.3 is 15.0 Å². The Hall–Kier alpha value is -1.85. The van der Waals surface area contributed by atoms with E-state index in [0.29, 0.717) is 6.54 Å². The quantitative estimate of drug-likeness (QED) is 0.824. The molecule has 0 bridgehead atoms. The molecule has 0 radical (unpaired) electrons. The van der Waals surface area contributed by atoms with E-state index in [1.54, 1.807) is 13.3 Å². The van der Waals surface area contributed by atoms with Crippen molar-refractivity contribution in [3.63, 3.8) is 0 Å². The highest BCUT2D eigenvalue weighted by molar-refractivity contribution is 6.09. The van der Waals surface area contributed by atoms with Crippen molar-refractivity contribution in [2.24, 2.45) is 0 Å². The van der Waals surface area contributed by atoms with E-state index in [9.17, 15) is 4.79 Å². The van der Waals surface area contributed by atoms with Gasteiger partial charge in [0.05, 0.1) is 13.7 Å². The molecule has 2 N–H and O–H groups in total. The summed E-state index contributed by atoms with van der Waals surface area (Å²) in [6.07, 6.45) is 1.80. The van der Waals surface area contributed by atoms with Crippen LogP contribution in [0.15, 0.2) is 24.4 Å². The SMILES string of the molecule is COc1ccc2[nH]cc(C(=O)CN3CCNCC3)c2c1. The van der Waals surface area contributed by atoms with Crippen molar-refractivity contribution >= 4 is 16.7 Å². The molecule has 5 heteroatoms. The molecule has 1 saturated heterocycles. The summed E-state index contributed by atoms with van der Waals surface area (Å²) in [6.45, 7) is 4.24. The minimum absolute atomic E-state index is 0.159. The van der Waals surface area contributed by atoms with Crippen molar-refractivity contribution in [2.45, 2.75) is 0 Å². The number of aromatic nitrogens is 1. The molecular weight excluding hydrogens is 254 g/mol. The number of methoxy groups -OCH3 is 1. The maximum atomic E-state index is 12.5. The Morgan fingerprint density at radius 1 is 1.35 bits per heavy atom. The molecule has 1 fully saturated rings. The summed E-state index contributed by atoms with van der Waals surface area (Å²) in [4.78, 5) is 17.8. The monoisotopic (exact) mass is 273 g/mol. The summed E-state index contributed by atoms with van der Waals surface area (Å²) in [5.74, 6) is 0.930. The van der Waals surface area contributed by atoms with Crippen molar-refractivity contribution in [1.82, 2.24) is 15.2 Å². The van der Waals surface area contributed by atoms with Gasteiger partial charge in [0.2, 0.25) is 0 Å². The predicted molar refractivity (Wildman–Crippen MR) is 78.5 cm³/mol. The van der Waals surface area contributed by atoms with Crippen LogP contribution in [0.5, 0.6) is 5.75 Å². The number of Topliss-reactive ketones (excluding diaryl/α,β-unsaturated/α-hetero) is 1. The Morgan fingerprint density at radius 2 is 2.15 bits per heavy atom. The molecule has 20 heavy (non-hydrogen) atoms. The summed E-state index contributed by atoms with van der Waals surface area (Å²) in [7, 11) is 1.63. The Bertz CT molecular complexity index is 615. The maximum absolute atomic E-state index is 12.5. The number of rotatable bonds is 4. The number of carbonyl (C=O) groups is 1. The van der Waals surface area contributed by atoms with Gasteiger partial charge in [0.25, 0.3) is 0 Å². The second kappa shape index (κ2) is 5.64. The van der Waals surface area contributed by atoms with Crippen LogP contribution in [0.25, 0.3) is 10.9 Å². The van der Waals surface area contributed by atoms with Gasteiger partial charge >= 0.3 is 0 Å². The van der Waals surface area contributed by atoms with Crippen LogP contribution in [0.3, 0.4) is 0 Å². The molecule has 0 unspecified atom stereocenters. The third-order valence-electron chi connectivity index (χ3n) is 3.77. The highest BCUT2D eigenvalue weighted by atomic mass is 16.5. The standard InChI is InChI=1S/C15H19N3O2/c1-20-11-2-3-14-12(8-11)13(9-17-14)15(19)10-18-6-4-16-5-7-18/h2-3,8-9,16-17H,4-7,10H2,1H3. The van der Waals surface area contributed by atoms with Crippen molar-refractivity contribution in [3.8, 4) is 5.75 Å². The third kappa shape index (κ3) is 2.55. The topological polar surface area (TPSA) is 57.4 Å². The molecule has 0 saturated carbocycles. The van der Waals surface area contributed by atoms with E-state index >= 15 is 0 Å². The number of carbonyl (C=O) groups excluding carboxylic acids is 1. The molecule has 2 heterocycles. The van der Waals surface area contributed by atoms with Crippen LogP contribution in [0.4, 0.5) is 0 Å². The maximum Gasteiger partial charge on any atom is 0.178 e. The first-order chi connectivity index (χ1) is 9.78. The molecule has 5 nitrogen and oxygen atoms in total. The Labute approximate surface area is 117 Å². The number of fused-ring (bicyclic) bond motifs is 1. The molecule has 106 valence electrons. The first kappa shape index (κ1) is 13.1. The second-order valence-electron chi connectivity index (χ2n) is 5.06. The van der Waals surface area contributed by atoms with Gasteiger partial charge in [-0.2, -0.15) is 0 Å². The van der Waals surface area contributed by atoms with Crippen molar-refractivity contribution < 1.29 is 9.53 Å². The van der Waals surface area contributed by atoms with Crippen LogP contribution in [0, 0.1) is 0 Å². The fraction of sp³-hybridized carbons (Fsp3) is 0.400. The molecule has 0 aliphatic carbocycles. The van der Waals surface area contributed by atoms with Gasteiger partial charge in [0.1, 0.15) is 5.75 Å². The van der Waals surface area contributed by atoms with E-state index in [1.807, 2.05) is 18.2 Å². The minimum atomic E-state index is 0.159. The average molecular weight is 273 g/mol. The fourth-order valence-corrected chi connectivity index (χ4v) is 2.61. The molecule has 1 aromatic heterocycles. The van der Waals surface area contributed by atoms with E-state index in [-0.39, 0.29) is 5.78 Å². The fourth-order valence-electron chi connectivity index (χ4n) is 2.61. The smallest absolute Gasteiger partial charge is 0.178 e. The molecule has 1 aromatic carbocycles. The molecule has 3 rings (SSSR count). The zero-order valence-corrected chi connectivity index (χ0v) is 11.6. The predicted octanol–water partition coefficient (Wildman–Crippen LogP) is 1.26. The van der Waals surface area contributed by atoms with Crippen LogP contribution in [0.2, 0.25) is 0 Å². The van der Waals surface area contributed by atoms with Gasteiger partial charge in [-0.25, -0.2) is 0 Å². The number of nitrogens with zero attached hydrogens (tertiary/aromatic N) is 1. The van der Waals surface area contributed by atoms with E-state index < -0.39 is 0 Å². The molecule has 1 aliphatic rings. The normalized spacial score (nSPS) is 16.4. The number of ketones is 1. The van der Waals surface area contributed by atoms with Gasteiger partial charge in [-0.3, -0.25) is 9.69 Å². The number of aromatic amines is 1. The first-order valence-corrected chi connectivity index (χ1v) is 6.89. The average Bonchev–Trinajstić information content (AvgIpc) is 2.91. The van der Waals surface area contributed by atoms with E-state index in [0.717, 1.165) is 48.4 Å². The summed E-state index contributed by atoms with van der Waals surface area (Å²) >= 11 is 0. The van der Waals surface area contributed by atoms with Gasteiger partial charge in [0, 0.05) is 48.8 Å². The number of piperazine rings is 1. The lowest BCUT2D eigenvalue weighted by atomic mass is 10.1. The summed E-state index contributed by atoms with van der Waals surface area (Å²) in [5.41, 5.74) is 1.71. The van der Waals surface area contributed by atoms with Gasteiger partial charge in [-0.15, -0.1) is 0 Å². The van der Waals surface area contributed by atoms with E-state index in [2.05, 4.69) is 15.2 Å². The van der Waals surface area contributed by atoms with Crippen LogP contribution in [-0.2, 0) is 0 Å². The lowest BCUT2D eigenvalue weighted by Crippen LogP contribution is -2.45. The van der Waals surface area contributed by atoms with E-state index in [1.165, 1.54) is 0 Å². The summed E-state index contributed by atoms with van der Waals surface area (Å²) in [5, 5.41) is 4.23. The number of ether oxygens (including phenoxy) is 1. The van der Waals surface area contributed by atoms with Crippen LogP contribution in [-0.4, -0.2) is 55.5 Å². The van der Waals surface area contributed by atoms with Crippen LogP contribution < -0.4 is 10.1 Å². The third-order valence-corrected chi connectivity index (χ3v) is 3.77. The number of H-pyrrole nitrogens is 1. The first-order valence-electron chi connectivity index (χ1n) is 6.89. The molecular formula is C15H19N3O2. The van der Waals surface area contributed by atoms with Crippen LogP contribution >= 0.6 is 0 Å². The molecule has 0 spiro atoms. The second-order valence-corrected chi connectivity index (χ2v) is 5.06. The molecule has 2 aromatic rings. The van der Waals surface area contributed by atoms with Crippen LogP contribution in [0.1, 0.15) is 10.4 Å². The number of nitrogens with one attached hydrogen (secondary N) is 2. The number of hydrogen-bond acceptors (Lipinski definition) is 4.